The summed E-state index contributed by atoms with van der Waals surface area (Å²) in [6.07, 6.45) is 3.94. The minimum atomic E-state index is -0.356. The van der Waals surface area contributed by atoms with E-state index in [1.54, 1.807) is 13.8 Å². The van der Waals surface area contributed by atoms with E-state index in [0.717, 1.165) is 5.88 Å². The molecule has 0 aliphatic carbocycles. The SMILES string of the molecule is CCCCCCl.CCOC(=O)CCC(=O)OCC. The molecule has 0 aromatic carbocycles. The molecule has 0 rings (SSSR count). The first-order valence-corrected chi connectivity index (χ1v) is 7.02. The Morgan fingerprint density at radius 3 is 1.56 bits per heavy atom. The van der Waals surface area contributed by atoms with Gasteiger partial charge in [0.1, 0.15) is 0 Å². The van der Waals surface area contributed by atoms with Crippen molar-refractivity contribution in [1.29, 1.82) is 0 Å². The zero-order chi connectivity index (χ0) is 14.2. The molecule has 5 heteroatoms. The Kier molecular flexibility index (Phi) is 17.6. The fraction of sp³-hybridized carbons (Fsp3) is 0.846. The number of rotatable bonds is 8. The predicted molar refractivity (Wildman–Crippen MR) is 72.7 cm³/mol. The van der Waals surface area contributed by atoms with E-state index in [-0.39, 0.29) is 24.8 Å². The Bertz CT molecular complexity index is 185. The van der Waals surface area contributed by atoms with E-state index in [0.29, 0.717) is 13.2 Å². The summed E-state index contributed by atoms with van der Waals surface area (Å²) in [6, 6.07) is 0. The van der Waals surface area contributed by atoms with Gasteiger partial charge in [0.2, 0.25) is 0 Å². The second-order valence-corrected chi connectivity index (χ2v) is 3.88. The van der Waals surface area contributed by atoms with Crippen molar-refractivity contribution in [3.05, 3.63) is 0 Å². The summed E-state index contributed by atoms with van der Waals surface area (Å²) in [4.78, 5) is 21.4. The predicted octanol–water partition coefficient (Wildman–Crippen LogP) is 3.31. The van der Waals surface area contributed by atoms with E-state index >= 15 is 0 Å². The van der Waals surface area contributed by atoms with Gasteiger partial charge in [-0.15, -0.1) is 11.6 Å². The Labute approximate surface area is 115 Å². The van der Waals surface area contributed by atoms with Gasteiger partial charge in [0, 0.05) is 5.88 Å². The molecular weight excluding hydrogens is 256 g/mol. The molecule has 0 aromatic rings. The van der Waals surface area contributed by atoms with Crippen LogP contribution in [-0.4, -0.2) is 31.0 Å². The van der Waals surface area contributed by atoms with E-state index in [4.69, 9.17) is 11.6 Å². The maximum atomic E-state index is 10.7. The minimum Gasteiger partial charge on any atom is -0.466 e. The van der Waals surface area contributed by atoms with Crippen LogP contribution in [0.4, 0.5) is 0 Å². The molecule has 0 amide bonds. The highest BCUT2D eigenvalue weighted by molar-refractivity contribution is 6.17. The van der Waals surface area contributed by atoms with E-state index in [9.17, 15) is 9.59 Å². The Hall–Kier alpha value is -0.770. The van der Waals surface area contributed by atoms with Crippen LogP contribution in [-0.2, 0) is 19.1 Å². The van der Waals surface area contributed by atoms with Crippen molar-refractivity contribution < 1.29 is 19.1 Å². The Balaban J connectivity index is 0. The zero-order valence-corrected chi connectivity index (χ0v) is 12.4. The third-order valence-electron chi connectivity index (χ3n) is 1.88. The van der Waals surface area contributed by atoms with Gasteiger partial charge in [-0.3, -0.25) is 9.59 Å². The molecule has 0 aliphatic rings. The molecule has 0 spiro atoms. The lowest BCUT2D eigenvalue weighted by atomic mass is 10.3. The van der Waals surface area contributed by atoms with Gasteiger partial charge < -0.3 is 9.47 Å². The average molecular weight is 281 g/mol. The van der Waals surface area contributed by atoms with E-state index in [1.165, 1.54) is 19.3 Å². The minimum absolute atomic E-state index is 0.104. The summed E-state index contributed by atoms with van der Waals surface area (Å²) in [5.41, 5.74) is 0. The first-order chi connectivity index (χ1) is 8.62. The van der Waals surface area contributed by atoms with Gasteiger partial charge in [0.05, 0.1) is 26.1 Å². The molecule has 0 N–H and O–H groups in total. The third kappa shape index (κ3) is 17.6. The lowest BCUT2D eigenvalue weighted by molar-refractivity contribution is -0.149. The average Bonchev–Trinajstić information content (AvgIpc) is 2.35. The Morgan fingerprint density at radius 1 is 0.889 bits per heavy atom. The van der Waals surface area contributed by atoms with Crippen molar-refractivity contribution in [3.8, 4) is 0 Å². The van der Waals surface area contributed by atoms with Crippen molar-refractivity contribution in [2.24, 2.45) is 0 Å². The largest absolute Gasteiger partial charge is 0.466 e. The summed E-state index contributed by atoms with van der Waals surface area (Å²) >= 11 is 5.38. The topological polar surface area (TPSA) is 52.6 Å². The van der Waals surface area contributed by atoms with Gasteiger partial charge in [0.15, 0.2) is 0 Å². The summed E-state index contributed by atoms with van der Waals surface area (Å²) in [7, 11) is 0. The molecule has 18 heavy (non-hydrogen) atoms. The van der Waals surface area contributed by atoms with E-state index in [2.05, 4.69) is 16.4 Å². The van der Waals surface area contributed by atoms with Crippen LogP contribution in [0.2, 0.25) is 0 Å². The molecule has 108 valence electrons. The van der Waals surface area contributed by atoms with Crippen molar-refractivity contribution in [2.75, 3.05) is 19.1 Å². The number of ether oxygens (including phenoxy) is 2. The zero-order valence-electron chi connectivity index (χ0n) is 11.7. The summed E-state index contributed by atoms with van der Waals surface area (Å²) in [5, 5.41) is 0. The molecular formula is C13H25ClO4. The van der Waals surface area contributed by atoms with Crippen LogP contribution in [0, 0.1) is 0 Å². The van der Waals surface area contributed by atoms with Crippen LogP contribution in [0.1, 0.15) is 52.9 Å². The van der Waals surface area contributed by atoms with E-state index < -0.39 is 0 Å². The van der Waals surface area contributed by atoms with Gasteiger partial charge >= 0.3 is 11.9 Å². The smallest absolute Gasteiger partial charge is 0.306 e. The standard InChI is InChI=1S/C8H14O4.C5H11Cl/c1-3-11-7(9)5-6-8(10)12-4-2;1-2-3-4-5-6/h3-6H2,1-2H3;2-5H2,1H3. The van der Waals surface area contributed by atoms with Crippen molar-refractivity contribution in [1.82, 2.24) is 0 Å². The van der Waals surface area contributed by atoms with Gasteiger partial charge in [-0.1, -0.05) is 19.8 Å². The number of esters is 2. The van der Waals surface area contributed by atoms with Crippen LogP contribution < -0.4 is 0 Å². The molecule has 0 aliphatic heterocycles. The highest BCUT2D eigenvalue weighted by Gasteiger charge is 2.06. The number of carbonyl (C=O) groups is 2. The quantitative estimate of drug-likeness (QED) is 0.389. The van der Waals surface area contributed by atoms with Gasteiger partial charge in [0.25, 0.3) is 0 Å². The van der Waals surface area contributed by atoms with Crippen LogP contribution in [0.15, 0.2) is 0 Å². The van der Waals surface area contributed by atoms with Crippen LogP contribution in [0.25, 0.3) is 0 Å². The number of halogens is 1. The second kappa shape index (κ2) is 16.2. The highest BCUT2D eigenvalue weighted by atomic mass is 35.5. The number of unbranched alkanes of at least 4 members (excludes halogenated alkanes) is 2. The molecule has 0 fully saturated rings. The molecule has 0 aromatic heterocycles. The molecule has 0 atom stereocenters. The van der Waals surface area contributed by atoms with Crippen molar-refractivity contribution in [2.45, 2.75) is 52.9 Å². The van der Waals surface area contributed by atoms with Crippen LogP contribution in [0.3, 0.4) is 0 Å². The van der Waals surface area contributed by atoms with Crippen molar-refractivity contribution in [3.63, 3.8) is 0 Å². The summed E-state index contributed by atoms with van der Waals surface area (Å²) in [6.45, 7) is 6.32. The third-order valence-corrected chi connectivity index (χ3v) is 2.15. The molecule has 0 unspecified atom stereocenters. The fourth-order valence-electron chi connectivity index (χ4n) is 1.01. The summed E-state index contributed by atoms with van der Waals surface area (Å²) < 4.78 is 9.25. The van der Waals surface area contributed by atoms with Gasteiger partial charge in [-0.25, -0.2) is 0 Å². The summed E-state index contributed by atoms with van der Waals surface area (Å²) in [5.74, 6) is 0.115. The van der Waals surface area contributed by atoms with Crippen LogP contribution in [0.5, 0.6) is 0 Å². The maximum Gasteiger partial charge on any atom is 0.306 e. The molecule has 0 bridgehead atoms. The van der Waals surface area contributed by atoms with Crippen molar-refractivity contribution >= 4 is 23.5 Å². The van der Waals surface area contributed by atoms with Gasteiger partial charge in [-0.2, -0.15) is 0 Å². The van der Waals surface area contributed by atoms with Gasteiger partial charge in [-0.05, 0) is 20.3 Å². The first kappa shape index (κ1) is 19.6. The fourth-order valence-corrected chi connectivity index (χ4v) is 1.20. The molecule has 0 saturated heterocycles. The molecule has 0 radical (unpaired) electrons. The second-order valence-electron chi connectivity index (χ2n) is 3.51. The first-order valence-electron chi connectivity index (χ1n) is 6.49. The highest BCUT2D eigenvalue weighted by Crippen LogP contribution is 1.95. The lowest BCUT2D eigenvalue weighted by Crippen LogP contribution is -2.09. The molecule has 4 nitrogen and oxygen atoms in total. The maximum absolute atomic E-state index is 10.7. The molecule has 0 saturated carbocycles. The number of hydrogen-bond donors (Lipinski definition) is 0. The normalized spacial score (nSPS) is 9.11. The Morgan fingerprint density at radius 2 is 1.33 bits per heavy atom. The van der Waals surface area contributed by atoms with Crippen LogP contribution >= 0.6 is 11.6 Å². The number of hydrogen-bond acceptors (Lipinski definition) is 4. The number of alkyl halides is 1. The lowest BCUT2D eigenvalue weighted by Gasteiger charge is -2.01. The monoisotopic (exact) mass is 280 g/mol. The van der Waals surface area contributed by atoms with E-state index in [1.807, 2.05) is 0 Å². The molecule has 0 heterocycles. The number of carbonyl (C=O) groups excluding carboxylic acids is 2.